The van der Waals surface area contributed by atoms with Crippen LogP contribution in [0.2, 0.25) is 5.02 Å². The van der Waals surface area contributed by atoms with Crippen molar-refractivity contribution in [2.24, 2.45) is 0 Å². The summed E-state index contributed by atoms with van der Waals surface area (Å²) in [5.74, 6) is 0. The third-order valence-corrected chi connectivity index (χ3v) is 6.22. The van der Waals surface area contributed by atoms with Gasteiger partial charge in [-0.1, -0.05) is 78.3 Å². The lowest BCUT2D eigenvalue weighted by atomic mass is 9.96. The minimum absolute atomic E-state index is 0.169. The Hall–Kier alpha value is -4.28. The number of pyridine rings is 3. The van der Waals surface area contributed by atoms with E-state index < -0.39 is 0 Å². The minimum Gasteiger partial charge on any atom is -0.306 e. The quantitative estimate of drug-likeness (QED) is 0.306. The van der Waals surface area contributed by atoms with Crippen LogP contribution in [0.25, 0.3) is 55.4 Å². The number of aromatic nitrogens is 3. The molecule has 3 aromatic carbocycles. The summed E-state index contributed by atoms with van der Waals surface area (Å²) in [5, 5.41) is 2.38. The largest absolute Gasteiger partial charge is 0.306 e. The predicted octanol–water partition coefficient (Wildman–Crippen LogP) is 7.13. The number of H-pyrrole nitrogens is 1. The van der Waals surface area contributed by atoms with Crippen molar-refractivity contribution in [2.75, 3.05) is 0 Å². The predicted molar refractivity (Wildman–Crippen MR) is 139 cm³/mol. The summed E-state index contributed by atoms with van der Waals surface area (Å²) in [7, 11) is 0. The lowest BCUT2D eigenvalue weighted by Gasteiger charge is -2.13. The normalized spacial score (nSPS) is 11.2. The second-order valence-corrected chi connectivity index (χ2v) is 8.51. The first-order valence-electron chi connectivity index (χ1n) is 10.9. The van der Waals surface area contributed by atoms with Crippen LogP contribution in [-0.2, 0) is 0 Å². The van der Waals surface area contributed by atoms with E-state index in [1.165, 1.54) is 0 Å². The van der Waals surface area contributed by atoms with Crippen molar-refractivity contribution in [1.82, 2.24) is 15.0 Å². The van der Waals surface area contributed by atoms with Crippen molar-refractivity contribution in [3.8, 4) is 33.5 Å². The second-order valence-electron chi connectivity index (χ2n) is 8.10. The molecule has 0 amide bonds. The maximum absolute atomic E-state index is 12.9. The Kier molecular flexibility index (Phi) is 4.93. The molecular weight excluding hydrogens is 442 g/mol. The smallest absolute Gasteiger partial charge is 0.257 e. The van der Waals surface area contributed by atoms with Gasteiger partial charge in [-0.3, -0.25) is 9.78 Å². The fraction of sp³-hybridized carbons (Fsp3) is 0. The molecule has 0 aliphatic carbocycles. The maximum Gasteiger partial charge on any atom is 0.257 e. The van der Waals surface area contributed by atoms with Gasteiger partial charge >= 0.3 is 0 Å². The lowest BCUT2D eigenvalue weighted by molar-refractivity contribution is 1.23. The summed E-state index contributed by atoms with van der Waals surface area (Å²) >= 11 is 6.62. The Morgan fingerprint density at radius 2 is 1.38 bits per heavy atom. The molecule has 162 valence electrons. The molecule has 6 rings (SSSR count). The zero-order chi connectivity index (χ0) is 23.1. The molecule has 0 saturated carbocycles. The van der Waals surface area contributed by atoms with Crippen molar-refractivity contribution in [2.45, 2.75) is 0 Å². The third kappa shape index (κ3) is 3.54. The van der Waals surface area contributed by atoms with Crippen molar-refractivity contribution in [1.29, 1.82) is 0 Å². The summed E-state index contributed by atoms with van der Waals surface area (Å²) in [5.41, 5.74) is 6.19. The molecule has 6 aromatic rings. The van der Waals surface area contributed by atoms with E-state index in [2.05, 4.69) is 22.1 Å². The fourth-order valence-corrected chi connectivity index (χ4v) is 4.58. The molecule has 0 radical (unpaired) electrons. The molecule has 0 bridgehead atoms. The molecule has 0 atom stereocenters. The number of halogens is 1. The SMILES string of the molecule is O=c1[nH]c2nc(-c3ccccc3)c(-c3cc(Cl)c4ncccc4c3)cc2cc1-c1ccccc1. The summed E-state index contributed by atoms with van der Waals surface area (Å²) in [6.07, 6.45) is 1.74. The van der Waals surface area contributed by atoms with Crippen molar-refractivity contribution in [3.63, 3.8) is 0 Å². The number of aromatic amines is 1. The van der Waals surface area contributed by atoms with Gasteiger partial charge in [-0.15, -0.1) is 0 Å². The lowest BCUT2D eigenvalue weighted by Crippen LogP contribution is -2.10. The standard InChI is InChI=1S/C29H18ClN3O/c30-25-17-21(14-20-12-7-13-31-27(20)25)23-15-22-16-24(18-8-3-1-4-9-18)29(34)33-28(22)32-26(23)19-10-5-2-6-11-19/h1-17H,(H,32,33,34). The van der Waals surface area contributed by atoms with Crippen LogP contribution in [-0.4, -0.2) is 15.0 Å². The van der Waals surface area contributed by atoms with E-state index in [1.54, 1.807) is 6.20 Å². The minimum atomic E-state index is -0.169. The number of fused-ring (bicyclic) bond motifs is 2. The second kappa shape index (κ2) is 8.25. The molecule has 5 heteroatoms. The topological polar surface area (TPSA) is 58.6 Å². The maximum atomic E-state index is 12.9. The van der Waals surface area contributed by atoms with Crippen LogP contribution in [0.5, 0.6) is 0 Å². The highest BCUT2D eigenvalue weighted by Crippen LogP contribution is 2.36. The van der Waals surface area contributed by atoms with Gasteiger partial charge in [-0.25, -0.2) is 4.98 Å². The fourth-order valence-electron chi connectivity index (χ4n) is 4.31. The first kappa shape index (κ1) is 20.3. The van der Waals surface area contributed by atoms with Gasteiger partial charge in [-0.2, -0.15) is 0 Å². The van der Waals surface area contributed by atoms with Crippen LogP contribution in [0, 0.1) is 0 Å². The van der Waals surface area contributed by atoms with Gasteiger partial charge in [0.15, 0.2) is 0 Å². The van der Waals surface area contributed by atoms with Gasteiger partial charge in [-0.05, 0) is 41.5 Å². The van der Waals surface area contributed by atoms with Gasteiger partial charge in [0.25, 0.3) is 5.56 Å². The van der Waals surface area contributed by atoms with Gasteiger partial charge in [0, 0.05) is 33.7 Å². The Morgan fingerprint density at radius 3 is 2.15 bits per heavy atom. The number of nitrogens with one attached hydrogen (secondary N) is 1. The Bertz CT molecular complexity index is 1730. The van der Waals surface area contributed by atoms with Crippen molar-refractivity contribution < 1.29 is 0 Å². The van der Waals surface area contributed by atoms with E-state index in [-0.39, 0.29) is 5.56 Å². The van der Waals surface area contributed by atoms with Crippen LogP contribution in [0.1, 0.15) is 0 Å². The summed E-state index contributed by atoms with van der Waals surface area (Å²) in [6.45, 7) is 0. The van der Waals surface area contributed by atoms with Crippen LogP contribution >= 0.6 is 11.6 Å². The van der Waals surface area contributed by atoms with Gasteiger partial charge < -0.3 is 4.98 Å². The molecule has 0 aliphatic heterocycles. The molecule has 0 spiro atoms. The monoisotopic (exact) mass is 459 g/mol. The number of hydrogen-bond acceptors (Lipinski definition) is 3. The van der Waals surface area contributed by atoms with E-state index in [1.807, 2.05) is 84.9 Å². The highest BCUT2D eigenvalue weighted by Gasteiger charge is 2.15. The van der Waals surface area contributed by atoms with E-state index in [4.69, 9.17) is 16.6 Å². The van der Waals surface area contributed by atoms with E-state index in [0.717, 1.165) is 44.2 Å². The summed E-state index contributed by atoms with van der Waals surface area (Å²) < 4.78 is 0. The number of rotatable bonds is 3. The number of hydrogen-bond donors (Lipinski definition) is 1. The number of nitrogens with zero attached hydrogens (tertiary/aromatic N) is 2. The van der Waals surface area contributed by atoms with E-state index >= 15 is 0 Å². The molecular formula is C29H18ClN3O. The van der Waals surface area contributed by atoms with Crippen molar-refractivity contribution >= 4 is 33.5 Å². The van der Waals surface area contributed by atoms with Gasteiger partial charge in [0.1, 0.15) is 5.65 Å². The Morgan fingerprint density at radius 1 is 0.676 bits per heavy atom. The van der Waals surface area contributed by atoms with Gasteiger partial charge in [0.05, 0.1) is 16.2 Å². The van der Waals surface area contributed by atoms with Crippen LogP contribution in [0.4, 0.5) is 0 Å². The first-order valence-corrected chi connectivity index (χ1v) is 11.3. The molecule has 0 unspecified atom stereocenters. The zero-order valence-corrected chi connectivity index (χ0v) is 18.8. The molecule has 3 heterocycles. The molecule has 1 N–H and O–H groups in total. The van der Waals surface area contributed by atoms with E-state index in [0.29, 0.717) is 16.2 Å². The average Bonchev–Trinajstić information content (AvgIpc) is 2.88. The van der Waals surface area contributed by atoms with Crippen molar-refractivity contribution in [3.05, 3.63) is 119 Å². The van der Waals surface area contributed by atoms with Crippen LogP contribution < -0.4 is 5.56 Å². The van der Waals surface area contributed by atoms with Gasteiger partial charge in [0.2, 0.25) is 0 Å². The van der Waals surface area contributed by atoms with E-state index in [9.17, 15) is 4.79 Å². The first-order chi connectivity index (χ1) is 16.7. The molecule has 4 nitrogen and oxygen atoms in total. The molecule has 0 aliphatic rings. The Balaban J connectivity index is 1.66. The highest BCUT2D eigenvalue weighted by molar-refractivity contribution is 6.35. The Labute approximate surface area is 200 Å². The summed E-state index contributed by atoms with van der Waals surface area (Å²) in [6, 6.07) is 31.5. The third-order valence-electron chi connectivity index (χ3n) is 5.93. The summed E-state index contributed by atoms with van der Waals surface area (Å²) in [4.78, 5) is 25.2. The van der Waals surface area contributed by atoms with Crippen LogP contribution in [0.3, 0.4) is 0 Å². The molecule has 3 aromatic heterocycles. The molecule has 34 heavy (non-hydrogen) atoms. The number of benzene rings is 3. The molecule has 0 saturated heterocycles. The highest BCUT2D eigenvalue weighted by atomic mass is 35.5. The van der Waals surface area contributed by atoms with Crippen LogP contribution in [0.15, 0.2) is 108 Å². The zero-order valence-electron chi connectivity index (χ0n) is 18.0. The average molecular weight is 460 g/mol. The molecule has 0 fully saturated rings.